The summed E-state index contributed by atoms with van der Waals surface area (Å²) in [5.74, 6) is 0.616. The Kier molecular flexibility index (Phi) is 6.22. The number of para-hydroxylation sites is 2. The fourth-order valence-corrected chi connectivity index (χ4v) is 4.74. The minimum absolute atomic E-state index is 0.100. The summed E-state index contributed by atoms with van der Waals surface area (Å²) < 4.78 is 0. The number of nitrogens with one attached hydrogen (secondary N) is 3. The maximum Gasteiger partial charge on any atom is 0.255 e. The Morgan fingerprint density at radius 1 is 0.718 bits per heavy atom. The number of fused-ring (bicyclic) bond motifs is 3. The molecule has 1 aliphatic rings. The standard InChI is InChI=1S/C30H26N8O/c31-24-11-5-6-12-25(24)34-27(39)19-15-13-18(14-16-19)17-33-29-36-28(32)37-30(38-29)35-26-22-9-3-1-7-20(22)21-8-2-4-10-23(21)26/h1-16,26H,17,31H2,(H,34,39)(H4,32,33,35,36,37,38). The molecular formula is C30H26N8O. The Morgan fingerprint density at radius 2 is 1.33 bits per heavy atom. The van der Waals surface area contributed by atoms with E-state index in [1.54, 1.807) is 24.3 Å². The Balaban J connectivity index is 1.14. The van der Waals surface area contributed by atoms with E-state index in [0.717, 1.165) is 16.7 Å². The average molecular weight is 515 g/mol. The van der Waals surface area contributed by atoms with Gasteiger partial charge in [0, 0.05) is 12.1 Å². The van der Waals surface area contributed by atoms with Gasteiger partial charge >= 0.3 is 0 Å². The third-order valence-corrected chi connectivity index (χ3v) is 6.64. The minimum Gasteiger partial charge on any atom is -0.397 e. The highest BCUT2D eigenvalue weighted by Gasteiger charge is 2.28. The van der Waals surface area contributed by atoms with Crippen molar-refractivity contribution in [1.29, 1.82) is 0 Å². The lowest BCUT2D eigenvalue weighted by atomic mass is 10.1. The molecule has 0 fully saturated rings. The molecule has 1 amide bonds. The number of anilines is 5. The highest BCUT2D eigenvalue weighted by atomic mass is 16.1. The Labute approximate surface area is 225 Å². The van der Waals surface area contributed by atoms with Crippen LogP contribution in [0.1, 0.15) is 33.1 Å². The first-order chi connectivity index (χ1) is 19.0. The predicted molar refractivity (Wildman–Crippen MR) is 154 cm³/mol. The van der Waals surface area contributed by atoms with Crippen LogP contribution < -0.4 is 27.4 Å². The van der Waals surface area contributed by atoms with Crippen molar-refractivity contribution in [3.63, 3.8) is 0 Å². The zero-order chi connectivity index (χ0) is 26.8. The maximum atomic E-state index is 12.6. The maximum absolute atomic E-state index is 12.6. The molecule has 0 atom stereocenters. The second-order valence-corrected chi connectivity index (χ2v) is 9.18. The van der Waals surface area contributed by atoms with E-state index in [-0.39, 0.29) is 17.9 Å². The van der Waals surface area contributed by atoms with Gasteiger partial charge in [0.05, 0.1) is 17.4 Å². The predicted octanol–water partition coefficient (Wildman–Crippen LogP) is 5.08. The zero-order valence-corrected chi connectivity index (χ0v) is 20.9. The first-order valence-corrected chi connectivity index (χ1v) is 12.5. The third-order valence-electron chi connectivity index (χ3n) is 6.64. The van der Waals surface area contributed by atoms with Crippen LogP contribution in [-0.4, -0.2) is 20.9 Å². The number of amides is 1. The summed E-state index contributed by atoms with van der Waals surface area (Å²) in [5.41, 5.74) is 19.2. The number of nitrogen functional groups attached to an aromatic ring is 2. The number of nitrogens with zero attached hydrogens (tertiary/aromatic N) is 3. The number of benzene rings is 4. The van der Waals surface area contributed by atoms with E-state index < -0.39 is 0 Å². The number of carbonyl (C=O) groups is 1. The quantitative estimate of drug-likeness (QED) is 0.189. The Morgan fingerprint density at radius 3 is 2.03 bits per heavy atom. The normalized spacial score (nSPS) is 11.9. The fourth-order valence-electron chi connectivity index (χ4n) is 4.74. The summed E-state index contributed by atoms with van der Waals surface area (Å²) in [6, 6.07) is 30.9. The second-order valence-electron chi connectivity index (χ2n) is 9.18. The van der Waals surface area contributed by atoms with Crippen molar-refractivity contribution in [2.24, 2.45) is 0 Å². The van der Waals surface area contributed by atoms with Crippen molar-refractivity contribution < 1.29 is 4.79 Å². The number of aromatic nitrogens is 3. The van der Waals surface area contributed by atoms with Crippen LogP contribution in [0.2, 0.25) is 0 Å². The number of hydrogen-bond acceptors (Lipinski definition) is 8. The number of nitrogens with two attached hydrogens (primary N) is 2. The number of carbonyl (C=O) groups excluding carboxylic acids is 1. The van der Waals surface area contributed by atoms with Gasteiger partial charge in [0.2, 0.25) is 17.8 Å². The van der Waals surface area contributed by atoms with Gasteiger partial charge in [-0.3, -0.25) is 4.79 Å². The first-order valence-electron chi connectivity index (χ1n) is 12.5. The van der Waals surface area contributed by atoms with Crippen LogP contribution in [0.15, 0.2) is 97.1 Å². The molecule has 39 heavy (non-hydrogen) atoms. The highest BCUT2D eigenvalue weighted by Crippen LogP contribution is 2.44. The molecule has 9 heteroatoms. The van der Waals surface area contributed by atoms with Crippen molar-refractivity contribution in [2.75, 3.05) is 27.4 Å². The lowest BCUT2D eigenvalue weighted by Crippen LogP contribution is -2.15. The van der Waals surface area contributed by atoms with Gasteiger partial charge in [-0.25, -0.2) is 0 Å². The number of hydrogen-bond donors (Lipinski definition) is 5. The van der Waals surface area contributed by atoms with Crippen LogP contribution in [0.4, 0.5) is 29.2 Å². The van der Waals surface area contributed by atoms with E-state index in [0.29, 0.717) is 35.4 Å². The summed E-state index contributed by atoms with van der Waals surface area (Å²) >= 11 is 0. The largest absolute Gasteiger partial charge is 0.397 e. The van der Waals surface area contributed by atoms with Crippen molar-refractivity contribution in [2.45, 2.75) is 12.6 Å². The molecule has 1 heterocycles. The van der Waals surface area contributed by atoms with Gasteiger partial charge < -0.3 is 27.4 Å². The SMILES string of the molecule is Nc1nc(NCc2ccc(C(=O)Nc3ccccc3N)cc2)nc(NC2c3ccccc3-c3ccccc32)n1. The van der Waals surface area contributed by atoms with Gasteiger partial charge in [-0.1, -0.05) is 72.8 Å². The first kappa shape index (κ1) is 23.9. The van der Waals surface area contributed by atoms with Crippen LogP contribution in [0.3, 0.4) is 0 Å². The van der Waals surface area contributed by atoms with Gasteiger partial charge in [0.15, 0.2) is 0 Å². The smallest absolute Gasteiger partial charge is 0.255 e. The summed E-state index contributed by atoms with van der Waals surface area (Å²) in [6.07, 6.45) is 0. The van der Waals surface area contributed by atoms with E-state index in [1.807, 2.05) is 48.5 Å². The van der Waals surface area contributed by atoms with E-state index in [2.05, 4.69) is 55.2 Å². The number of rotatable bonds is 7. The molecule has 0 unspecified atom stereocenters. The molecule has 4 aromatic carbocycles. The van der Waals surface area contributed by atoms with E-state index in [4.69, 9.17) is 11.5 Å². The summed E-state index contributed by atoms with van der Waals surface area (Å²) in [6.45, 7) is 0.436. The summed E-state index contributed by atoms with van der Waals surface area (Å²) in [4.78, 5) is 25.7. The molecule has 0 spiro atoms. The van der Waals surface area contributed by atoms with E-state index in [1.165, 1.54) is 11.1 Å². The van der Waals surface area contributed by atoms with Gasteiger partial charge in [-0.2, -0.15) is 15.0 Å². The van der Waals surface area contributed by atoms with Crippen molar-refractivity contribution in [3.8, 4) is 11.1 Å². The van der Waals surface area contributed by atoms with E-state index >= 15 is 0 Å². The molecule has 6 rings (SSSR count). The lowest BCUT2D eigenvalue weighted by molar-refractivity contribution is 0.102. The summed E-state index contributed by atoms with van der Waals surface area (Å²) in [5, 5.41) is 9.47. The summed E-state index contributed by atoms with van der Waals surface area (Å²) in [7, 11) is 0. The molecule has 7 N–H and O–H groups in total. The van der Waals surface area contributed by atoms with Crippen molar-refractivity contribution in [1.82, 2.24) is 15.0 Å². The zero-order valence-electron chi connectivity index (χ0n) is 20.9. The highest BCUT2D eigenvalue weighted by molar-refractivity contribution is 6.05. The van der Waals surface area contributed by atoms with Crippen molar-refractivity contribution in [3.05, 3.63) is 119 Å². The molecule has 0 bridgehead atoms. The molecule has 5 aromatic rings. The second kappa shape index (κ2) is 10.1. The molecule has 0 aliphatic heterocycles. The fraction of sp³-hybridized carbons (Fsp3) is 0.0667. The van der Waals surface area contributed by atoms with Crippen LogP contribution >= 0.6 is 0 Å². The molecular weight excluding hydrogens is 488 g/mol. The molecule has 1 aromatic heterocycles. The topological polar surface area (TPSA) is 144 Å². The van der Waals surface area contributed by atoms with Gasteiger partial charge in [0.1, 0.15) is 0 Å². The van der Waals surface area contributed by atoms with Crippen LogP contribution in [0.5, 0.6) is 0 Å². The van der Waals surface area contributed by atoms with Gasteiger partial charge in [0.25, 0.3) is 5.91 Å². The monoisotopic (exact) mass is 514 g/mol. The third kappa shape index (κ3) is 4.93. The van der Waals surface area contributed by atoms with Gasteiger partial charge in [-0.05, 0) is 52.1 Å². The van der Waals surface area contributed by atoms with Crippen LogP contribution in [0, 0.1) is 0 Å². The average Bonchev–Trinajstić information content (AvgIpc) is 3.27. The molecule has 192 valence electrons. The van der Waals surface area contributed by atoms with Crippen LogP contribution in [-0.2, 0) is 6.54 Å². The van der Waals surface area contributed by atoms with Gasteiger partial charge in [-0.15, -0.1) is 0 Å². The Bertz CT molecular complexity index is 1620. The molecule has 0 radical (unpaired) electrons. The minimum atomic E-state index is -0.233. The lowest BCUT2D eigenvalue weighted by Gasteiger charge is -2.16. The van der Waals surface area contributed by atoms with Crippen molar-refractivity contribution >= 4 is 35.1 Å². The van der Waals surface area contributed by atoms with Crippen LogP contribution in [0.25, 0.3) is 11.1 Å². The molecule has 0 saturated heterocycles. The molecule has 0 saturated carbocycles. The molecule has 1 aliphatic carbocycles. The molecule has 9 nitrogen and oxygen atoms in total. The Hall–Kier alpha value is -5.44. The van der Waals surface area contributed by atoms with E-state index in [9.17, 15) is 4.79 Å².